The maximum absolute atomic E-state index is 14.1. The first-order valence-corrected chi connectivity index (χ1v) is 9.05. The summed E-state index contributed by atoms with van der Waals surface area (Å²) in [5.41, 5.74) is 7.64. The van der Waals surface area contributed by atoms with Crippen LogP contribution in [0.2, 0.25) is 0 Å². The molecule has 0 aliphatic carbocycles. The largest absolute Gasteiger partial charge is 0.372 e. The quantitative estimate of drug-likeness (QED) is 0.887. The van der Waals surface area contributed by atoms with Gasteiger partial charge in [-0.15, -0.1) is 0 Å². The smallest absolute Gasteiger partial charge is 0.239 e. The molecule has 3 atom stereocenters. The Morgan fingerprint density at radius 1 is 1.37 bits per heavy atom. The molecule has 2 unspecified atom stereocenters. The first kappa shape index (κ1) is 18.1. The fraction of sp³-hybridized carbons (Fsp3) is 0.474. The van der Waals surface area contributed by atoms with E-state index in [1.807, 2.05) is 6.92 Å². The third kappa shape index (κ3) is 3.46. The van der Waals surface area contributed by atoms with Crippen molar-refractivity contribution in [3.05, 3.63) is 52.9 Å². The summed E-state index contributed by atoms with van der Waals surface area (Å²) in [5.74, 6) is -1.27. The molecule has 144 valence electrons. The minimum absolute atomic E-state index is 0.0471. The van der Waals surface area contributed by atoms with Gasteiger partial charge in [-0.1, -0.05) is 6.92 Å². The molecular formula is C19H22F2N4O2. The molecule has 2 aromatic rings. The molecule has 1 aromatic carbocycles. The first-order chi connectivity index (χ1) is 12.9. The maximum Gasteiger partial charge on any atom is 0.239 e. The summed E-state index contributed by atoms with van der Waals surface area (Å²) >= 11 is 0. The number of carbonyl (C=O) groups is 1. The molecule has 2 aliphatic rings. The predicted molar refractivity (Wildman–Crippen MR) is 93.3 cm³/mol. The Balaban J connectivity index is 1.44. The SMILES string of the molecule is CC1CC(N2Cc3cnn(CC(N)=O)c3C2)CO[C@@H]1c1cc(F)ccc1F. The second kappa shape index (κ2) is 7.01. The van der Waals surface area contributed by atoms with Gasteiger partial charge in [-0.25, -0.2) is 8.78 Å². The van der Waals surface area contributed by atoms with Crippen LogP contribution in [0.1, 0.15) is 36.3 Å². The lowest BCUT2D eigenvalue weighted by atomic mass is 9.88. The molecule has 2 N–H and O–H groups in total. The zero-order valence-corrected chi connectivity index (χ0v) is 15.1. The van der Waals surface area contributed by atoms with Crippen LogP contribution in [-0.2, 0) is 29.2 Å². The molecule has 0 radical (unpaired) electrons. The number of nitrogens with zero attached hydrogens (tertiary/aromatic N) is 3. The van der Waals surface area contributed by atoms with E-state index in [2.05, 4.69) is 10.00 Å². The molecule has 0 saturated carbocycles. The maximum atomic E-state index is 14.1. The number of halogens is 2. The van der Waals surface area contributed by atoms with E-state index in [1.54, 1.807) is 10.9 Å². The molecule has 2 aliphatic heterocycles. The summed E-state index contributed by atoms with van der Waals surface area (Å²) in [6.07, 6.45) is 2.14. The number of aromatic nitrogens is 2. The lowest BCUT2D eigenvalue weighted by Crippen LogP contribution is -2.42. The third-order valence-electron chi connectivity index (χ3n) is 5.48. The number of hydrogen-bond donors (Lipinski definition) is 1. The van der Waals surface area contributed by atoms with Crippen molar-refractivity contribution >= 4 is 5.91 Å². The van der Waals surface area contributed by atoms with Gasteiger partial charge < -0.3 is 10.5 Å². The van der Waals surface area contributed by atoms with E-state index in [-0.39, 0.29) is 24.1 Å². The fourth-order valence-corrected chi connectivity index (χ4v) is 4.16. The Morgan fingerprint density at radius 3 is 2.93 bits per heavy atom. The van der Waals surface area contributed by atoms with Crippen LogP contribution in [0.25, 0.3) is 0 Å². The molecule has 0 bridgehead atoms. The van der Waals surface area contributed by atoms with E-state index in [0.717, 1.165) is 36.4 Å². The van der Waals surface area contributed by atoms with Gasteiger partial charge in [0.15, 0.2) is 0 Å². The molecule has 4 rings (SSSR count). The fourth-order valence-electron chi connectivity index (χ4n) is 4.16. The molecule has 0 spiro atoms. The minimum atomic E-state index is -0.460. The highest BCUT2D eigenvalue weighted by molar-refractivity contribution is 5.73. The third-order valence-corrected chi connectivity index (χ3v) is 5.48. The zero-order valence-electron chi connectivity index (χ0n) is 15.1. The number of benzene rings is 1. The zero-order chi connectivity index (χ0) is 19.1. The van der Waals surface area contributed by atoms with Gasteiger partial charge in [0.2, 0.25) is 5.91 Å². The van der Waals surface area contributed by atoms with Gasteiger partial charge in [0, 0.05) is 30.3 Å². The molecule has 1 amide bonds. The lowest BCUT2D eigenvalue weighted by Gasteiger charge is -2.39. The summed E-state index contributed by atoms with van der Waals surface area (Å²) < 4.78 is 35.2. The van der Waals surface area contributed by atoms with Crippen molar-refractivity contribution in [2.45, 2.75) is 45.1 Å². The Morgan fingerprint density at radius 2 is 2.19 bits per heavy atom. The molecular weight excluding hydrogens is 354 g/mol. The highest BCUT2D eigenvalue weighted by Crippen LogP contribution is 2.38. The second-order valence-electron chi connectivity index (χ2n) is 7.43. The van der Waals surface area contributed by atoms with Crippen LogP contribution in [0.3, 0.4) is 0 Å². The van der Waals surface area contributed by atoms with E-state index in [1.165, 1.54) is 6.07 Å². The second-order valence-corrected chi connectivity index (χ2v) is 7.43. The summed E-state index contributed by atoms with van der Waals surface area (Å²) in [6.45, 7) is 3.91. The minimum Gasteiger partial charge on any atom is -0.372 e. The van der Waals surface area contributed by atoms with Crippen molar-refractivity contribution in [1.82, 2.24) is 14.7 Å². The molecule has 1 fully saturated rings. The van der Waals surface area contributed by atoms with Gasteiger partial charge in [-0.05, 0) is 30.5 Å². The highest BCUT2D eigenvalue weighted by Gasteiger charge is 2.37. The number of primary amides is 1. The average Bonchev–Trinajstić information content (AvgIpc) is 3.19. The van der Waals surface area contributed by atoms with Gasteiger partial charge in [0.1, 0.15) is 18.2 Å². The number of fused-ring (bicyclic) bond motifs is 1. The van der Waals surface area contributed by atoms with Gasteiger partial charge in [-0.2, -0.15) is 5.10 Å². The van der Waals surface area contributed by atoms with Crippen molar-refractivity contribution in [3.8, 4) is 0 Å². The normalized spacial score (nSPS) is 25.5. The summed E-state index contributed by atoms with van der Waals surface area (Å²) in [7, 11) is 0. The Labute approximate surface area is 155 Å². The molecule has 3 heterocycles. The molecule has 1 saturated heterocycles. The number of amides is 1. The number of nitrogens with two attached hydrogens (primary N) is 1. The van der Waals surface area contributed by atoms with Crippen molar-refractivity contribution in [3.63, 3.8) is 0 Å². The number of ether oxygens (including phenoxy) is 1. The van der Waals surface area contributed by atoms with Gasteiger partial charge in [0.25, 0.3) is 0 Å². The van der Waals surface area contributed by atoms with Crippen LogP contribution < -0.4 is 5.73 Å². The average molecular weight is 376 g/mol. The van der Waals surface area contributed by atoms with E-state index in [0.29, 0.717) is 13.2 Å². The van der Waals surface area contributed by atoms with Gasteiger partial charge in [0.05, 0.1) is 24.6 Å². The summed E-state index contributed by atoms with van der Waals surface area (Å²) in [4.78, 5) is 13.5. The lowest BCUT2D eigenvalue weighted by molar-refractivity contribution is -0.118. The molecule has 6 nitrogen and oxygen atoms in total. The van der Waals surface area contributed by atoms with E-state index >= 15 is 0 Å². The predicted octanol–water partition coefficient (Wildman–Crippen LogP) is 2.13. The first-order valence-electron chi connectivity index (χ1n) is 9.05. The van der Waals surface area contributed by atoms with Gasteiger partial charge in [-0.3, -0.25) is 14.4 Å². The van der Waals surface area contributed by atoms with E-state index in [9.17, 15) is 13.6 Å². The van der Waals surface area contributed by atoms with E-state index < -0.39 is 23.6 Å². The van der Waals surface area contributed by atoms with E-state index in [4.69, 9.17) is 10.5 Å². The number of carbonyl (C=O) groups excluding carboxylic acids is 1. The highest BCUT2D eigenvalue weighted by atomic mass is 19.1. The summed E-state index contributed by atoms with van der Waals surface area (Å²) in [5, 5.41) is 4.22. The van der Waals surface area contributed by atoms with Crippen LogP contribution in [0.4, 0.5) is 8.78 Å². The Bertz CT molecular complexity index is 869. The Hall–Kier alpha value is -2.32. The topological polar surface area (TPSA) is 73.4 Å². The molecule has 8 heteroatoms. The molecule has 1 aromatic heterocycles. The van der Waals surface area contributed by atoms with Crippen LogP contribution in [0.5, 0.6) is 0 Å². The van der Waals surface area contributed by atoms with Crippen LogP contribution in [0.15, 0.2) is 24.4 Å². The number of hydrogen-bond acceptors (Lipinski definition) is 4. The standard InChI is InChI=1S/C19H22F2N4O2/c1-11-4-14(10-27-19(11)15-5-13(20)2-3-16(15)21)24-7-12-6-23-25(9-18(22)26)17(12)8-24/h2-3,5-6,11,14,19H,4,7-10H2,1H3,(H2,22,26)/t11?,14?,19-/m0/s1. The van der Waals surface area contributed by atoms with Crippen LogP contribution in [-0.4, -0.2) is 33.2 Å². The van der Waals surface area contributed by atoms with Crippen LogP contribution in [0, 0.1) is 17.6 Å². The molecule has 27 heavy (non-hydrogen) atoms. The van der Waals surface area contributed by atoms with Crippen molar-refractivity contribution in [1.29, 1.82) is 0 Å². The van der Waals surface area contributed by atoms with Crippen molar-refractivity contribution in [2.75, 3.05) is 6.61 Å². The number of rotatable bonds is 4. The van der Waals surface area contributed by atoms with Crippen LogP contribution >= 0.6 is 0 Å². The van der Waals surface area contributed by atoms with Gasteiger partial charge >= 0.3 is 0 Å². The summed E-state index contributed by atoms with van der Waals surface area (Å²) in [6, 6.07) is 3.66. The van der Waals surface area contributed by atoms with Crippen molar-refractivity contribution < 1.29 is 18.3 Å². The monoisotopic (exact) mass is 376 g/mol. The Kier molecular flexibility index (Phi) is 4.69. The van der Waals surface area contributed by atoms with Crippen molar-refractivity contribution in [2.24, 2.45) is 11.7 Å².